The maximum atomic E-state index is 12.8. The Balaban J connectivity index is 1.87. The number of ether oxygens (including phenoxy) is 1. The van der Waals surface area contributed by atoms with Gasteiger partial charge in [-0.2, -0.15) is 13.2 Å². The smallest absolute Gasteiger partial charge is 0.376 e. The Morgan fingerprint density at radius 3 is 2.71 bits per heavy atom. The Kier molecular flexibility index (Phi) is 3.45. The van der Waals surface area contributed by atoms with Gasteiger partial charge in [-0.25, -0.2) is 0 Å². The number of hydrogen-bond acceptors (Lipinski definition) is 5. The van der Waals surface area contributed by atoms with Gasteiger partial charge >= 0.3 is 6.18 Å². The SMILES string of the molecule is CC1OCCC1(CN)N1CCn2c(nnc2C(F)(F)F)C1. The molecule has 2 unspecified atom stereocenters. The molecule has 1 aromatic heterocycles. The molecule has 0 radical (unpaired) electrons. The maximum Gasteiger partial charge on any atom is 0.451 e. The number of fused-ring (bicyclic) bond motifs is 1. The van der Waals surface area contributed by atoms with Gasteiger partial charge in [-0.3, -0.25) is 4.90 Å². The summed E-state index contributed by atoms with van der Waals surface area (Å²) < 4.78 is 45.3. The van der Waals surface area contributed by atoms with E-state index in [0.29, 0.717) is 32.1 Å². The number of nitrogens with zero attached hydrogens (tertiary/aromatic N) is 4. The van der Waals surface area contributed by atoms with Crippen LogP contribution in [0.15, 0.2) is 0 Å². The molecule has 0 bridgehead atoms. The van der Waals surface area contributed by atoms with E-state index in [1.165, 1.54) is 0 Å². The molecule has 0 aromatic carbocycles. The highest BCUT2D eigenvalue weighted by atomic mass is 19.4. The summed E-state index contributed by atoms with van der Waals surface area (Å²) in [5.41, 5.74) is 5.62. The number of halogens is 3. The van der Waals surface area contributed by atoms with Crippen molar-refractivity contribution in [3.63, 3.8) is 0 Å². The van der Waals surface area contributed by atoms with Crippen LogP contribution in [0.25, 0.3) is 0 Å². The Morgan fingerprint density at radius 1 is 1.38 bits per heavy atom. The van der Waals surface area contributed by atoms with Gasteiger partial charge in [0.15, 0.2) is 0 Å². The molecule has 0 amide bonds. The van der Waals surface area contributed by atoms with Crippen LogP contribution in [0.2, 0.25) is 0 Å². The van der Waals surface area contributed by atoms with Crippen molar-refractivity contribution in [2.75, 3.05) is 19.7 Å². The molecule has 6 nitrogen and oxygen atoms in total. The first-order valence-corrected chi connectivity index (χ1v) is 6.94. The lowest BCUT2D eigenvalue weighted by Gasteiger charge is -2.44. The van der Waals surface area contributed by atoms with Crippen LogP contribution in [0.4, 0.5) is 13.2 Å². The van der Waals surface area contributed by atoms with E-state index in [9.17, 15) is 13.2 Å². The van der Waals surface area contributed by atoms with Gasteiger partial charge in [-0.1, -0.05) is 0 Å². The van der Waals surface area contributed by atoms with Crippen LogP contribution in [0, 0.1) is 0 Å². The number of hydrogen-bond donors (Lipinski definition) is 1. The molecule has 0 saturated carbocycles. The summed E-state index contributed by atoms with van der Waals surface area (Å²) in [6.07, 6.45) is -3.73. The van der Waals surface area contributed by atoms with Crippen LogP contribution in [-0.2, 0) is 24.0 Å². The van der Waals surface area contributed by atoms with Gasteiger partial charge in [0.1, 0.15) is 5.82 Å². The fourth-order valence-electron chi connectivity index (χ4n) is 3.33. The second kappa shape index (κ2) is 4.92. The third kappa shape index (κ3) is 2.23. The summed E-state index contributed by atoms with van der Waals surface area (Å²) in [6, 6.07) is 0. The van der Waals surface area contributed by atoms with E-state index < -0.39 is 12.0 Å². The largest absolute Gasteiger partial charge is 0.451 e. The lowest BCUT2D eigenvalue weighted by molar-refractivity contribution is -0.148. The third-order valence-corrected chi connectivity index (χ3v) is 4.65. The average Bonchev–Trinajstić information content (AvgIpc) is 3.01. The molecule has 3 heterocycles. The van der Waals surface area contributed by atoms with Crippen LogP contribution in [-0.4, -0.2) is 51.0 Å². The Morgan fingerprint density at radius 2 is 2.14 bits per heavy atom. The first kappa shape index (κ1) is 14.7. The molecule has 9 heteroatoms. The zero-order valence-electron chi connectivity index (χ0n) is 11.7. The van der Waals surface area contributed by atoms with Crippen molar-refractivity contribution in [3.8, 4) is 0 Å². The van der Waals surface area contributed by atoms with E-state index in [1.807, 2.05) is 6.92 Å². The predicted molar refractivity (Wildman–Crippen MR) is 67.3 cm³/mol. The molecular weight excluding hydrogens is 287 g/mol. The molecule has 1 aromatic rings. The van der Waals surface area contributed by atoms with Crippen molar-refractivity contribution >= 4 is 0 Å². The molecule has 1 saturated heterocycles. The monoisotopic (exact) mass is 305 g/mol. The third-order valence-electron chi connectivity index (χ3n) is 4.65. The van der Waals surface area contributed by atoms with Crippen LogP contribution >= 0.6 is 0 Å². The summed E-state index contributed by atoms with van der Waals surface area (Å²) in [7, 11) is 0. The number of alkyl halides is 3. The Bertz CT molecular complexity index is 531. The molecular formula is C12H18F3N5O. The molecule has 2 N–H and O–H groups in total. The molecule has 118 valence electrons. The Labute approximate surface area is 120 Å². The van der Waals surface area contributed by atoms with Gasteiger partial charge < -0.3 is 15.0 Å². The second-order valence-electron chi connectivity index (χ2n) is 5.58. The molecule has 3 rings (SSSR count). The topological polar surface area (TPSA) is 69.2 Å². The number of aromatic nitrogens is 3. The second-order valence-corrected chi connectivity index (χ2v) is 5.58. The van der Waals surface area contributed by atoms with E-state index >= 15 is 0 Å². The molecule has 1 fully saturated rings. The normalized spacial score (nSPS) is 30.6. The molecule has 0 spiro atoms. The maximum absolute atomic E-state index is 12.8. The highest BCUT2D eigenvalue weighted by molar-refractivity contribution is 5.07. The van der Waals surface area contributed by atoms with Gasteiger partial charge in [0, 0.05) is 26.2 Å². The highest BCUT2D eigenvalue weighted by Crippen LogP contribution is 2.35. The van der Waals surface area contributed by atoms with E-state index in [4.69, 9.17) is 10.5 Å². The summed E-state index contributed by atoms with van der Waals surface area (Å²) >= 11 is 0. The quantitative estimate of drug-likeness (QED) is 0.867. The van der Waals surface area contributed by atoms with Crippen molar-refractivity contribution < 1.29 is 17.9 Å². The van der Waals surface area contributed by atoms with Gasteiger partial charge in [-0.15, -0.1) is 10.2 Å². The fraction of sp³-hybridized carbons (Fsp3) is 0.833. The van der Waals surface area contributed by atoms with Crippen molar-refractivity contribution in [2.24, 2.45) is 5.73 Å². The van der Waals surface area contributed by atoms with Crippen LogP contribution < -0.4 is 5.73 Å². The van der Waals surface area contributed by atoms with Gasteiger partial charge in [0.05, 0.1) is 18.2 Å². The van der Waals surface area contributed by atoms with Crippen LogP contribution in [0.1, 0.15) is 25.0 Å². The fourth-order valence-corrected chi connectivity index (χ4v) is 3.33. The number of nitrogens with two attached hydrogens (primary N) is 1. The minimum atomic E-state index is -4.47. The molecule has 2 aliphatic heterocycles. The summed E-state index contributed by atoms with van der Waals surface area (Å²) in [5, 5.41) is 7.00. The predicted octanol–water partition coefficient (Wildman–Crippen LogP) is 0.619. The zero-order chi connectivity index (χ0) is 15.3. The van der Waals surface area contributed by atoms with Crippen LogP contribution in [0.3, 0.4) is 0 Å². The first-order chi connectivity index (χ1) is 9.88. The number of rotatable bonds is 2. The van der Waals surface area contributed by atoms with Crippen molar-refractivity contribution in [3.05, 3.63) is 11.6 Å². The van der Waals surface area contributed by atoms with Crippen molar-refractivity contribution in [2.45, 2.75) is 44.3 Å². The lowest BCUT2D eigenvalue weighted by atomic mass is 9.89. The van der Waals surface area contributed by atoms with Gasteiger partial charge in [0.25, 0.3) is 0 Å². The Hall–Kier alpha value is -1.19. The molecule has 2 atom stereocenters. The van der Waals surface area contributed by atoms with E-state index in [0.717, 1.165) is 11.0 Å². The summed E-state index contributed by atoms with van der Waals surface area (Å²) in [4.78, 5) is 2.09. The zero-order valence-corrected chi connectivity index (χ0v) is 11.7. The standard InChI is InChI=1S/C12H18F3N5O/c1-8-11(7-16,2-5-21-8)19-3-4-20-9(6-19)17-18-10(20)12(13,14)15/h8H,2-7,16H2,1H3. The molecule has 21 heavy (non-hydrogen) atoms. The van der Waals surface area contributed by atoms with Gasteiger partial charge in [-0.05, 0) is 13.3 Å². The molecule has 0 aliphatic carbocycles. The van der Waals surface area contributed by atoms with Crippen molar-refractivity contribution in [1.29, 1.82) is 0 Å². The summed E-state index contributed by atoms with van der Waals surface area (Å²) in [6.45, 7) is 4.00. The highest BCUT2D eigenvalue weighted by Gasteiger charge is 2.47. The van der Waals surface area contributed by atoms with Crippen LogP contribution in [0.5, 0.6) is 0 Å². The average molecular weight is 305 g/mol. The van der Waals surface area contributed by atoms with Crippen molar-refractivity contribution in [1.82, 2.24) is 19.7 Å². The van der Waals surface area contributed by atoms with E-state index in [-0.39, 0.29) is 18.2 Å². The van der Waals surface area contributed by atoms with E-state index in [1.54, 1.807) is 0 Å². The summed E-state index contributed by atoms with van der Waals surface area (Å²) in [5.74, 6) is -0.588. The van der Waals surface area contributed by atoms with E-state index in [2.05, 4.69) is 15.1 Å². The first-order valence-electron chi connectivity index (χ1n) is 6.94. The minimum absolute atomic E-state index is 0.0425. The van der Waals surface area contributed by atoms with Gasteiger partial charge in [0.2, 0.25) is 5.82 Å². The minimum Gasteiger partial charge on any atom is -0.376 e. The lowest BCUT2D eigenvalue weighted by Crippen LogP contribution is -2.59. The molecule has 2 aliphatic rings.